The molecule has 1 aromatic heterocycles. The Labute approximate surface area is 100 Å². The Kier molecular flexibility index (Phi) is 5.52. The van der Waals surface area contributed by atoms with Gasteiger partial charge in [0.05, 0.1) is 16.7 Å². The van der Waals surface area contributed by atoms with Gasteiger partial charge in [-0.15, -0.1) is 0 Å². The van der Waals surface area contributed by atoms with E-state index in [9.17, 15) is 4.79 Å². The third-order valence-corrected chi connectivity index (χ3v) is 2.59. The van der Waals surface area contributed by atoms with Gasteiger partial charge in [0.1, 0.15) is 0 Å². The lowest BCUT2D eigenvalue weighted by Gasteiger charge is -2.01. The van der Waals surface area contributed by atoms with E-state index in [4.69, 9.17) is 16.9 Å². The van der Waals surface area contributed by atoms with Crippen LogP contribution in [0.4, 0.5) is 0 Å². The van der Waals surface area contributed by atoms with E-state index in [1.54, 1.807) is 12.3 Å². The fraction of sp³-hybridized carbons (Fsp3) is 0.417. The summed E-state index contributed by atoms with van der Waals surface area (Å²) in [6, 6.07) is 3.70. The molecule has 0 fully saturated rings. The molecule has 0 spiro atoms. The molecule has 1 rings (SSSR count). The summed E-state index contributed by atoms with van der Waals surface area (Å²) in [4.78, 5) is 15.6. The number of unbranched alkanes of at least 4 members (excludes halogenated alkanes) is 3. The van der Waals surface area contributed by atoms with Gasteiger partial charge in [0.2, 0.25) is 0 Å². The second-order valence-corrected chi connectivity index (χ2v) is 3.90. The summed E-state index contributed by atoms with van der Waals surface area (Å²) in [5, 5.41) is 8.80. The summed E-state index contributed by atoms with van der Waals surface area (Å²) in [7, 11) is 0. The summed E-state index contributed by atoms with van der Waals surface area (Å²) in [5.74, 6) is 0.0232. The molecule has 16 heavy (non-hydrogen) atoms. The van der Waals surface area contributed by atoms with Gasteiger partial charge >= 0.3 is 0 Å². The Morgan fingerprint density at radius 2 is 2.25 bits per heavy atom. The van der Waals surface area contributed by atoms with E-state index in [1.807, 2.05) is 0 Å². The maximum atomic E-state index is 11.7. The van der Waals surface area contributed by atoms with Crippen molar-refractivity contribution >= 4 is 17.4 Å². The third kappa shape index (κ3) is 4.00. The molecule has 0 aromatic carbocycles. The zero-order chi connectivity index (χ0) is 11.8. The molecule has 3 nitrogen and oxygen atoms in total. The first-order valence-corrected chi connectivity index (χ1v) is 5.63. The molecule has 84 valence electrons. The minimum atomic E-state index is 0.0232. The van der Waals surface area contributed by atoms with Crippen LogP contribution in [-0.4, -0.2) is 10.8 Å². The van der Waals surface area contributed by atoms with E-state index in [0.717, 1.165) is 19.3 Å². The molecule has 1 aromatic rings. The van der Waals surface area contributed by atoms with Gasteiger partial charge in [-0.05, 0) is 18.9 Å². The Balaban J connectivity index is 2.36. The van der Waals surface area contributed by atoms with Crippen molar-refractivity contribution in [2.45, 2.75) is 32.1 Å². The van der Waals surface area contributed by atoms with Crippen LogP contribution in [0.1, 0.15) is 42.5 Å². The molecule has 0 atom stereocenters. The van der Waals surface area contributed by atoms with E-state index in [2.05, 4.69) is 11.1 Å². The van der Waals surface area contributed by atoms with Crippen molar-refractivity contribution in [1.82, 2.24) is 4.98 Å². The second-order valence-electron chi connectivity index (χ2n) is 3.50. The highest BCUT2D eigenvalue weighted by Crippen LogP contribution is 2.16. The number of Topliss-reactive ketones (excluding diaryl/α,β-unsaturated/α-hetero) is 1. The predicted molar refractivity (Wildman–Crippen MR) is 62.3 cm³/mol. The molecule has 0 N–H and O–H groups in total. The monoisotopic (exact) mass is 236 g/mol. The molecule has 1 heterocycles. The zero-order valence-corrected chi connectivity index (χ0v) is 9.70. The smallest absolute Gasteiger partial charge is 0.165 e. The molecular weight excluding hydrogens is 224 g/mol. The number of hydrogen-bond donors (Lipinski definition) is 0. The van der Waals surface area contributed by atoms with Crippen molar-refractivity contribution in [1.29, 1.82) is 5.26 Å². The van der Waals surface area contributed by atoms with Gasteiger partial charge < -0.3 is 0 Å². The Bertz CT molecular complexity index is 398. The number of rotatable bonds is 6. The van der Waals surface area contributed by atoms with Crippen molar-refractivity contribution in [2.24, 2.45) is 0 Å². The first-order chi connectivity index (χ1) is 7.75. The van der Waals surface area contributed by atoms with Crippen LogP contribution in [0.15, 0.2) is 18.5 Å². The Morgan fingerprint density at radius 1 is 1.44 bits per heavy atom. The fourth-order valence-electron chi connectivity index (χ4n) is 1.38. The molecule has 0 aliphatic carbocycles. The SMILES string of the molecule is N#CCCCCCC(=O)c1cnccc1Cl. The van der Waals surface area contributed by atoms with Gasteiger partial charge in [0.15, 0.2) is 5.78 Å². The molecule has 0 radical (unpaired) electrons. The number of nitrogens with zero attached hydrogens (tertiary/aromatic N) is 2. The van der Waals surface area contributed by atoms with Crippen LogP contribution in [0.2, 0.25) is 5.02 Å². The molecule has 0 aliphatic rings. The van der Waals surface area contributed by atoms with E-state index in [1.165, 1.54) is 6.20 Å². The molecule has 0 amide bonds. The lowest BCUT2D eigenvalue weighted by Crippen LogP contribution is -2.00. The van der Waals surface area contributed by atoms with Gasteiger partial charge in [0, 0.05) is 25.2 Å². The molecule has 0 saturated carbocycles. The molecular formula is C12H13ClN2O. The summed E-state index contributed by atoms with van der Waals surface area (Å²) >= 11 is 5.88. The van der Waals surface area contributed by atoms with Gasteiger partial charge in [-0.3, -0.25) is 9.78 Å². The van der Waals surface area contributed by atoms with Crippen LogP contribution in [0.25, 0.3) is 0 Å². The van der Waals surface area contributed by atoms with Crippen LogP contribution in [-0.2, 0) is 0 Å². The van der Waals surface area contributed by atoms with Gasteiger partial charge in [-0.1, -0.05) is 18.0 Å². The Hall–Kier alpha value is -1.40. The van der Waals surface area contributed by atoms with Gasteiger partial charge in [-0.25, -0.2) is 0 Å². The van der Waals surface area contributed by atoms with Crippen molar-refractivity contribution in [3.63, 3.8) is 0 Å². The average molecular weight is 237 g/mol. The third-order valence-electron chi connectivity index (χ3n) is 2.26. The minimum absolute atomic E-state index is 0.0232. The molecule has 4 heteroatoms. The molecule has 0 saturated heterocycles. The predicted octanol–water partition coefficient (Wildman–Crippen LogP) is 3.39. The number of hydrogen-bond acceptors (Lipinski definition) is 3. The van der Waals surface area contributed by atoms with Crippen LogP contribution in [0.3, 0.4) is 0 Å². The highest BCUT2D eigenvalue weighted by atomic mass is 35.5. The van der Waals surface area contributed by atoms with Crippen LogP contribution < -0.4 is 0 Å². The van der Waals surface area contributed by atoms with Crippen molar-refractivity contribution < 1.29 is 4.79 Å². The lowest BCUT2D eigenvalue weighted by atomic mass is 10.1. The molecule has 0 bridgehead atoms. The molecule has 0 aliphatic heterocycles. The minimum Gasteiger partial charge on any atom is -0.294 e. The summed E-state index contributed by atoms with van der Waals surface area (Å²) in [6.07, 6.45) is 6.64. The van der Waals surface area contributed by atoms with E-state index < -0.39 is 0 Å². The zero-order valence-electron chi connectivity index (χ0n) is 8.95. The highest BCUT2D eigenvalue weighted by molar-refractivity contribution is 6.33. The van der Waals surface area contributed by atoms with E-state index in [-0.39, 0.29) is 5.78 Å². The number of halogens is 1. The van der Waals surface area contributed by atoms with Gasteiger partial charge in [0.25, 0.3) is 0 Å². The summed E-state index contributed by atoms with van der Waals surface area (Å²) in [5.41, 5.74) is 0.490. The largest absolute Gasteiger partial charge is 0.294 e. The van der Waals surface area contributed by atoms with Crippen molar-refractivity contribution in [3.8, 4) is 6.07 Å². The van der Waals surface area contributed by atoms with Crippen LogP contribution in [0, 0.1) is 11.3 Å². The fourth-order valence-corrected chi connectivity index (χ4v) is 1.59. The standard InChI is InChI=1S/C12H13ClN2O/c13-11-6-8-15-9-10(11)12(16)5-3-1-2-4-7-14/h6,8-9H,1-5H2. The van der Waals surface area contributed by atoms with Gasteiger partial charge in [-0.2, -0.15) is 5.26 Å². The quantitative estimate of drug-likeness (QED) is 0.562. The van der Waals surface area contributed by atoms with Crippen LogP contribution in [0.5, 0.6) is 0 Å². The number of nitriles is 1. The topological polar surface area (TPSA) is 53.8 Å². The first-order valence-electron chi connectivity index (χ1n) is 5.25. The van der Waals surface area contributed by atoms with Crippen molar-refractivity contribution in [3.05, 3.63) is 29.0 Å². The number of ketones is 1. The van der Waals surface area contributed by atoms with E-state index in [0.29, 0.717) is 23.4 Å². The highest BCUT2D eigenvalue weighted by Gasteiger charge is 2.09. The number of carbonyl (C=O) groups is 1. The van der Waals surface area contributed by atoms with Crippen LogP contribution >= 0.6 is 11.6 Å². The van der Waals surface area contributed by atoms with E-state index >= 15 is 0 Å². The Morgan fingerprint density at radius 3 is 2.94 bits per heavy atom. The number of aromatic nitrogens is 1. The summed E-state index contributed by atoms with van der Waals surface area (Å²) < 4.78 is 0. The second kappa shape index (κ2) is 6.97. The maximum absolute atomic E-state index is 11.7. The number of carbonyl (C=O) groups excluding carboxylic acids is 1. The first kappa shape index (κ1) is 12.7. The normalized spacial score (nSPS) is 9.75. The number of pyridine rings is 1. The van der Waals surface area contributed by atoms with Crippen molar-refractivity contribution in [2.75, 3.05) is 0 Å². The lowest BCUT2D eigenvalue weighted by molar-refractivity contribution is 0.0979. The maximum Gasteiger partial charge on any atom is 0.165 e. The average Bonchev–Trinajstić information content (AvgIpc) is 2.29. The summed E-state index contributed by atoms with van der Waals surface area (Å²) in [6.45, 7) is 0. The molecule has 0 unspecified atom stereocenters.